The van der Waals surface area contributed by atoms with Gasteiger partial charge >= 0.3 is 0 Å². The van der Waals surface area contributed by atoms with Gasteiger partial charge in [0.1, 0.15) is 6.61 Å². The fraction of sp³-hybridized carbons (Fsp3) is 0.205. The van der Waals surface area contributed by atoms with Gasteiger partial charge in [0.05, 0.1) is 21.9 Å². The van der Waals surface area contributed by atoms with Crippen molar-refractivity contribution in [3.8, 4) is 11.5 Å². The van der Waals surface area contributed by atoms with Gasteiger partial charge in [-0.25, -0.2) is 0 Å². The number of halogens is 1. The molecule has 2 aliphatic rings. The van der Waals surface area contributed by atoms with E-state index < -0.39 is 0 Å². The molecule has 7 rings (SSSR count). The van der Waals surface area contributed by atoms with Gasteiger partial charge in [-0.3, -0.25) is 4.99 Å². The van der Waals surface area contributed by atoms with Crippen LogP contribution in [0.3, 0.4) is 0 Å². The Morgan fingerprint density at radius 2 is 1.77 bits per heavy atom. The summed E-state index contributed by atoms with van der Waals surface area (Å²) < 4.78 is 13.4. The first-order valence-electron chi connectivity index (χ1n) is 15.3. The van der Waals surface area contributed by atoms with E-state index in [1.807, 2.05) is 19.2 Å². The maximum Gasteiger partial charge on any atom is 0.175 e. The lowest BCUT2D eigenvalue weighted by atomic mass is 9.76. The second kappa shape index (κ2) is 12.5. The van der Waals surface area contributed by atoms with Crippen LogP contribution in [-0.2, 0) is 6.61 Å². The van der Waals surface area contributed by atoms with Crippen LogP contribution in [0.4, 0.5) is 11.4 Å². The van der Waals surface area contributed by atoms with E-state index >= 15 is 0 Å². The first kappa shape index (κ1) is 28.7. The number of fused-ring (bicyclic) bond motifs is 4. The molecule has 44 heavy (non-hydrogen) atoms. The first-order valence-corrected chi connectivity index (χ1v) is 16.4. The molecule has 0 saturated heterocycles. The van der Waals surface area contributed by atoms with Crippen LogP contribution in [0.15, 0.2) is 114 Å². The van der Waals surface area contributed by atoms with Gasteiger partial charge in [-0.1, -0.05) is 84.4 Å². The summed E-state index contributed by atoms with van der Waals surface area (Å²) in [4.78, 5) is 4.82. The molecule has 1 aliphatic carbocycles. The normalized spacial score (nSPS) is 18.7. The summed E-state index contributed by atoms with van der Waals surface area (Å²) >= 11 is 2.33. The number of allylic oxidation sites excluding steroid dienone is 2. The number of hydrogen-bond donors (Lipinski definition) is 1. The third-order valence-electron chi connectivity index (χ3n) is 8.72. The first-order chi connectivity index (χ1) is 21.6. The van der Waals surface area contributed by atoms with Gasteiger partial charge in [-0.05, 0) is 112 Å². The third kappa shape index (κ3) is 5.73. The van der Waals surface area contributed by atoms with Crippen LogP contribution < -0.4 is 14.8 Å². The number of hydrogen-bond acceptors (Lipinski definition) is 4. The van der Waals surface area contributed by atoms with Crippen molar-refractivity contribution in [2.45, 2.75) is 38.8 Å². The molecule has 0 bridgehead atoms. The smallest absolute Gasteiger partial charge is 0.175 e. The highest BCUT2D eigenvalue weighted by atomic mass is 127. The number of rotatable bonds is 8. The molecule has 5 aromatic carbocycles. The lowest BCUT2D eigenvalue weighted by Crippen LogP contribution is -2.29. The SMILES string of the molecule is CCOc1cc(C=Nc2ccc([C@@H]3Nc4ccc(C)cc4[C@H]4C=CC[C@H]43)cc2)cc(I)c1OCc1cccc2ccccc12. The largest absolute Gasteiger partial charge is 0.490 e. The second-order valence-corrected chi connectivity index (χ2v) is 12.8. The van der Waals surface area contributed by atoms with Crippen molar-refractivity contribution < 1.29 is 9.47 Å². The highest BCUT2D eigenvalue weighted by molar-refractivity contribution is 14.1. The maximum atomic E-state index is 6.37. The number of nitrogens with zero attached hydrogens (tertiary/aromatic N) is 1. The zero-order valence-electron chi connectivity index (χ0n) is 25.0. The van der Waals surface area contributed by atoms with Crippen molar-refractivity contribution in [1.82, 2.24) is 0 Å². The van der Waals surface area contributed by atoms with Gasteiger partial charge < -0.3 is 14.8 Å². The Kier molecular flexibility index (Phi) is 8.13. The molecule has 1 aliphatic heterocycles. The van der Waals surface area contributed by atoms with Crippen molar-refractivity contribution in [1.29, 1.82) is 0 Å². The second-order valence-electron chi connectivity index (χ2n) is 11.6. The molecule has 220 valence electrons. The zero-order chi connectivity index (χ0) is 30.0. The van der Waals surface area contributed by atoms with Crippen LogP contribution in [0.1, 0.15) is 53.1 Å². The molecule has 5 heteroatoms. The van der Waals surface area contributed by atoms with Gasteiger partial charge in [-0.2, -0.15) is 0 Å². The van der Waals surface area contributed by atoms with Gasteiger partial charge in [0.15, 0.2) is 11.5 Å². The van der Waals surface area contributed by atoms with E-state index in [0.29, 0.717) is 25.0 Å². The standard InChI is InChI=1S/C39H35IN2O2/c1-3-43-37-22-26(21-35(40)39(37)44-24-29-10-6-9-27-8-4-5-11-31(27)29)23-41-30-17-15-28(16-18-30)38-33-13-7-12-32(33)34-20-25(2)14-19-36(34)42-38/h4-12,14-23,32-33,38,42H,3,13,24H2,1-2H3/t32-,33+,38-/m0/s1. The number of anilines is 1. The summed E-state index contributed by atoms with van der Waals surface area (Å²) in [5.41, 5.74) is 8.34. The third-order valence-corrected chi connectivity index (χ3v) is 9.52. The van der Waals surface area contributed by atoms with E-state index in [1.54, 1.807) is 0 Å². The summed E-state index contributed by atoms with van der Waals surface area (Å²) in [7, 11) is 0. The molecule has 0 amide bonds. The molecule has 1 N–H and O–H groups in total. The molecule has 4 nitrogen and oxygen atoms in total. The summed E-state index contributed by atoms with van der Waals surface area (Å²) in [5.74, 6) is 2.49. The summed E-state index contributed by atoms with van der Waals surface area (Å²) in [6.07, 6.45) is 7.74. The van der Waals surface area contributed by atoms with Crippen molar-refractivity contribution in [2.75, 3.05) is 11.9 Å². The average molecular weight is 691 g/mol. The molecule has 0 fully saturated rings. The molecular weight excluding hydrogens is 655 g/mol. The number of nitrogens with one attached hydrogen (secondary N) is 1. The fourth-order valence-electron chi connectivity index (χ4n) is 6.59. The number of benzene rings is 5. The van der Waals surface area contributed by atoms with Crippen molar-refractivity contribution >= 4 is 51.0 Å². The zero-order valence-corrected chi connectivity index (χ0v) is 27.1. The van der Waals surface area contributed by atoms with E-state index in [0.717, 1.165) is 38.3 Å². The molecule has 5 aromatic rings. The Labute approximate surface area is 273 Å². The maximum absolute atomic E-state index is 6.37. The van der Waals surface area contributed by atoms with Crippen LogP contribution in [-0.4, -0.2) is 12.8 Å². The van der Waals surface area contributed by atoms with Crippen LogP contribution in [0.5, 0.6) is 11.5 Å². The van der Waals surface area contributed by atoms with Crippen LogP contribution in [0, 0.1) is 16.4 Å². The highest BCUT2D eigenvalue weighted by Crippen LogP contribution is 2.50. The lowest BCUT2D eigenvalue weighted by molar-refractivity contribution is 0.268. The van der Waals surface area contributed by atoms with Crippen LogP contribution in [0.25, 0.3) is 10.8 Å². The Hall–Kier alpha value is -4.10. The van der Waals surface area contributed by atoms with Crippen LogP contribution >= 0.6 is 22.6 Å². The van der Waals surface area contributed by atoms with Gasteiger partial charge in [0, 0.05) is 17.8 Å². The summed E-state index contributed by atoms with van der Waals surface area (Å²) in [5, 5.41) is 6.26. The van der Waals surface area contributed by atoms with Crippen LogP contribution in [0.2, 0.25) is 0 Å². The van der Waals surface area contributed by atoms with Crippen molar-refractivity contribution in [2.24, 2.45) is 10.9 Å². The fourth-order valence-corrected chi connectivity index (χ4v) is 7.38. The minimum atomic E-state index is 0.278. The van der Waals surface area contributed by atoms with E-state index in [-0.39, 0.29) is 6.04 Å². The van der Waals surface area contributed by atoms with Gasteiger partial charge in [-0.15, -0.1) is 0 Å². The Balaban J connectivity index is 1.08. The number of aliphatic imine (C=N–C) groups is 1. The Morgan fingerprint density at radius 3 is 2.64 bits per heavy atom. The number of aryl methyl sites for hydroxylation is 1. The monoisotopic (exact) mass is 690 g/mol. The lowest BCUT2D eigenvalue weighted by Gasteiger charge is -2.37. The molecule has 3 atom stereocenters. The summed E-state index contributed by atoms with van der Waals surface area (Å²) in [6, 6.07) is 34.6. The minimum absolute atomic E-state index is 0.278. The molecular formula is C39H35IN2O2. The van der Waals surface area contributed by atoms with Gasteiger partial charge in [0.25, 0.3) is 0 Å². The molecule has 0 unspecified atom stereocenters. The Morgan fingerprint density at radius 1 is 0.932 bits per heavy atom. The molecule has 0 radical (unpaired) electrons. The molecule has 0 spiro atoms. The van der Waals surface area contributed by atoms with E-state index in [9.17, 15) is 0 Å². The minimum Gasteiger partial charge on any atom is -0.490 e. The topological polar surface area (TPSA) is 42.8 Å². The van der Waals surface area contributed by atoms with Gasteiger partial charge in [0.2, 0.25) is 0 Å². The molecule has 0 aromatic heterocycles. The predicted octanol–water partition coefficient (Wildman–Crippen LogP) is 10.3. The quantitative estimate of drug-likeness (QED) is 0.100. The highest BCUT2D eigenvalue weighted by Gasteiger charge is 2.37. The van der Waals surface area contributed by atoms with E-state index in [1.165, 1.54) is 33.2 Å². The van der Waals surface area contributed by atoms with Crippen molar-refractivity contribution in [3.63, 3.8) is 0 Å². The summed E-state index contributed by atoms with van der Waals surface area (Å²) in [6.45, 7) is 5.19. The predicted molar refractivity (Wildman–Crippen MR) is 190 cm³/mol. The van der Waals surface area contributed by atoms with Crippen molar-refractivity contribution in [3.05, 3.63) is 141 Å². The van der Waals surface area contributed by atoms with E-state index in [2.05, 4.69) is 138 Å². The average Bonchev–Trinajstić information content (AvgIpc) is 3.54. The van der Waals surface area contributed by atoms with E-state index in [4.69, 9.17) is 14.5 Å². The molecule has 1 heterocycles. The number of ether oxygens (including phenoxy) is 2. The Bertz CT molecular complexity index is 1870. The molecule has 0 saturated carbocycles.